The second kappa shape index (κ2) is 9.45. The maximum Gasteiger partial charge on any atom is 0.387 e. The van der Waals surface area contributed by atoms with E-state index in [0.29, 0.717) is 4.47 Å². The van der Waals surface area contributed by atoms with E-state index in [-0.39, 0.29) is 34.3 Å². The summed E-state index contributed by atoms with van der Waals surface area (Å²) in [6, 6.07) is 9.92. The van der Waals surface area contributed by atoms with Crippen LogP contribution in [0, 0.1) is 0 Å². The van der Waals surface area contributed by atoms with Gasteiger partial charge in [0.15, 0.2) is 0 Å². The minimum Gasteiger partial charge on any atom is -0.433 e. The summed E-state index contributed by atoms with van der Waals surface area (Å²) in [5.74, 6) is -0.697. The number of carbonyl (C=O) groups excluding carboxylic acids is 1. The maximum atomic E-state index is 12.2. The number of ether oxygens (including phenoxy) is 1. The molecule has 0 unspecified atom stereocenters. The average molecular weight is 484 g/mol. The highest BCUT2D eigenvalue weighted by Gasteiger charge is 2.15. The van der Waals surface area contributed by atoms with Crippen molar-refractivity contribution in [2.24, 2.45) is 0 Å². The molecular weight excluding hydrogens is 470 g/mol. The van der Waals surface area contributed by atoms with Gasteiger partial charge in [0.25, 0.3) is 0 Å². The van der Waals surface area contributed by atoms with Crippen molar-refractivity contribution in [3.63, 3.8) is 0 Å². The zero-order chi connectivity index (χ0) is 20.0. The molecule has 0 saturated heterocycles. The first-order chi connectivity index (χ1) is 12.7. The number of amides is 1. The van der Waals surface area contributed by atoms with Gasteiger partial charge < -0.3 is 10.1 Å². The van der Waals surface area contributed by atoms with Gasteiger partial charge in [-0.15, -0.1) is 0 Å². The Labute approximate surface area is 168 Å². The minimum absolute atomic E-state index is 0.0682. The van der Waals surface area contributed by atoms with Crippen molar-refractivity contribution in [1.29, 1.82) is 0 Å². The van der Waals surface area contributed by atoms with E-state index in [4.69, 9.17) is 11.6 Å². The molecule has 2 aromatic carbocycles. The largest absolute Gasteiger partial charge is 0.433 e. The van der Waals surface area contributed by atoms with E-state index in [0.717, 1.165) is 0 Å². The fourth-order valence-electron chi connectivity index (χ4n) is 2.01. The first kappa shape index (κ1) is 21.5. The van der Waals surface area contributed by atoms with Crippen LogP contribution in [0.1, 0.15) is 6.42 Å². The molecule has 146 valence electrons. The Bertz CT molecular complexity index is 928. The molecule has 0 aliphatic carbocycles. The zero-order valence-corrected chi connectivity index (χ0v) is 16.7. The van der Waals surface area contributed by atoms with Crippen LogP contribution in [0.25, 0.3) is 0 Å². The number of alkyl halides is 2. The van der Waals surface area contributed by atoms with Gasteiger partial charge in [-0.2, -0.15) is 8.78 Å². The van der Waals surface area contributed by atoms with E-state index in [1.54, 1.807) is 12.1 Å². The van der Waals surface area contributed by atoms with Gasteiger partial charge >= 0.3 is 6.61 Å². The van der Waals surface area contributed by atoms with Gasteiger partial charge in [0.05, 0.1) is 9.92 Å². The smallest absolute Gasteiger partial charge is 0.387 e. The molecule has 1 amide bonds. The number of anilines is 1. The molecule has 11 heteroatoms. The van der Waals surface area contributed by atoms with Gasteiger partial charge in [-0.3, -0.25) is 4.79 Å². The second-order valence-corrected chi connectivity index (χ2v) is 8.27. The molecule has 0 heterocycles. The molecule has 0 aromatic heterocycles. The summed E-state index contributed by atoms with van der Waals surface area (Å²) in [6.07, 6.45) is -0.139. The van der Waals surface area contributed by atoms with Crippen LogP contribution in [0.3, 0.4) is 0 Å². The molecule has 27 heavy (non-hydrogen) atoms. The second-order valence-electron chi connectivity index (χ2n) is 5.18. The standard InChI is InChI=1S/C16H14BrClF2N2O4S/c17-10-2-1-3-12(8-10)27(24,25)21-7-6-15(23)22-11-4-5-14(13(18)9-11)26-16(19)20/h1-5,8-9,16,21H,6-7H2,(H,22,23). The van der Waals surface area contributed by atoms with E-state index >= 15 is 0 Å². The number of sulfonamides is 1. The minimum atomic E-state index is -3.74. The van der Waals surface area contributed by atoms with Gasteiger partial charge in [0.1, 0.15) is 5.75 Å². The Balaban J connectivity index is 1.88. The molecule has 2 rings (SSSR count). The summed E-state index contributed by atoms with van der Waals surface area (Å²) in [5.41, 5.74) is 0.265. The number of carbonyl (C=O) groups is 1. The molecule has 2 N–H and O–H groups in total. The van der Waals surface area contributed by atoms with Crippen LogP contribution in [0.2, 0.25) is 5.02 Å². The number of hydrogen-bond donors (Lipinski definition) is 2. The Morgan fingerprint density at radius 1 is 1.22 bits per heavy atom. The Morgan fingerprint density at radius 3 is 2.59 bits per heavy atom. The maximum absolute atomic E-state index is 12.2. The van der Waals surface area contributed by atoms with E-state index in [1.165, 1.54) is 30.3 Å². The SMILES string of the molecule is O=C(CCNS(=O)(=O)c1cccc(Br)c1)Nc1ccc(OC(F)F)c(Cl)c1. The van der Waals surface area contributed by atoms with Crippen molar-refractivity contribution in [3.05, 3.63) is 52.0 Å². The normalized spacial score (nSPS) is 11.4. The highest BCUT2D eigenvalue weighted by molar-refractivity contribution is 9.10. The van der Waals surface area contributed by atoms with E-state index < -0.39 is 22.5 Å². The number of halogens is 4. The van der Waals surface area contributed by atoms with Crippen LogP contribution in [0.15, 0.2) is 51.8 Å². The quantitative estimate of drug-likeness (QED) is 0.594. The van der Waals surface area contributed by atoms with Crippen molar-refractivity contribution >= 4 is 49.1 Å². The number of nitrogens with one attached hydrogen (secondary N) is 2. The van der Waals surface area contributed by atoms with E-state index in [1.807, 2.05) is 0 Å². The first-order valence-corrected chi connectivity index (χ1v) is 10.1. The van der Waals surface area contributed by atoms with Crippen molar-refractivity contribution in [1.82, 2.24) is 4.72 Å². The highest BCUT2D eigenvalue weighted by atomic mass is 79.9. The predicted molar refractivity (Wildman–Crippen MR) is 101 cm³/mol. The summed E-state index contributed by atoms with van der Waals surface area (Å²) >= 11 is 8.99. The molecule has 0 atom stereocenters. The van der Waals surface area contributed by atoms with Crippen molar-refractivity contribution in [2.45, 2.75) is 17.9 Å². The lowest BCUT2D eigenvalue weighted by molar-refractivity contribution is -0.116. The molecule has 0 fully saturated rings. The Morgan fingerprint density at radius 2 is 1.96 bits per heavy atom. The van der Waals surface area contributed by atoms with Crippen molar-refractivity contribution in [2.75, 3.05) is 11.9 Å². The molecule has 0 aliphatic rings. The van der Waals surface area contributed by atoms with Crippen LogP contribution in [-0.2, 0) is 14.8 Å². The molecule has 0 saturated carbocycles. The number of rotatable bonds is 8. The summed E-state index contributed by atoms with van der Waals surface area (Å²) in [5, 5.41) is 2.40. The Hall–Kier alpha value is -1.75. The van der Waals surface area contributed by atoms with Crippen molar-refractivity contribution < 1.29 is 26.7 Å². The third-order valence-electron chi connectivity index (χ3n) is 3.18. The first-order valence-electron chi connectivity index (χ1n) is 7.47. The summed E-state index contributed by atoms with van der Waals surface area (Å²) < 4.78 is 55.8. The molecule has 0 bridgehead atoms. The van der Waals surface area contributed by atoms with Crippen LogP contribution in [0.4, 0.5) is 14.5 Å². The molecule has 0 aliphatic heterocycles. The lowest BCUT2D eigenvalue weighted by Crippen LogP contribution is -2.27. The topological polar surface area (TPSA) is 84.5 Å². The average Bonchev–Trinajstić information content (AvgIpc) is 2.57. The van der Waals surface area contributed by atoms with Gasteiger partial charge in [-0.25, -0.2) is 13.1 Å². The van der Waals surface area contributed by atoms with E-state index in [2.05, 4.69) is 30.7 Å². The monoisotopic (exact) mass is 482 g/mol. The van der Waals surface area contributed by atoms with Crippen LogP contribution in [0.5, 0.6) is 5.75 Å². The van der Waals surface area contributed by atoms with Crippen LogP contribution in [-0.4, -0.2) is 27.5 Å². The fraction of sp³-hybridized carbons (Fsp3) is 0.188. The fourth-order valence-corrected chi connectivity index (χ4v) is 3.86. The third kappa shape index (κ3) is 6.73. The number of benzene rings is 2. The van der Waals surface area contributed by atoms with Gasteiger partial charge in [-0.05, 0) is 36.4 Å². The van der Waals surface area contributed by atoms with Crippen LogP contribution >= 0.6 is 27.5 Å². The number of hydrogen-bond acceptors (Lipinski definition) is 4. The van der Waals surface area contributed by atoms with Gasteiger partial charge in [0.2, 0.25) is 15.9 Å². The summed E-state index contributed by atoms with van der Waals surface area (Å²) in [7, 11) is -3.74. The third-order valence-corrected chi connectivity index (χ3v) is 5.43. The lowest BCUT2D eigenvalue weighted by atomic mass is 10.3. The predicted octanol–water partition coefficient (Wildman–Crippen LogP) is 4.01. The van der Waals surface area contributed by atoms with Gasteiger partial charge in [-0.1, -0.05) is 33.6 Å². The molecular formula is C16H14BrClF2N2O4S. The zero-order valence-electron chi connectivity index (χ0n) is 13.6. The van der Waals surface area contributed by atoms with Gasteiger partial charge in [0, 0.05) is 23.1 Å². The molecule has 0 spiro atoms. The molecule has 0 radical (unpaired) electrons. The van der Waals surface area contributed by atoms with Crippen molar-refractivity contribution in [3.8, 4) is 5.75 Å². The molecule has 2 aromatic rings. The summed E-state index contributed by atoms with van der Waals surface area (Å²) in [6.45, 7) is -3.14. The highest BCUT2D eigenvalue weighted by Crippen LogP contribution is 2.29. The lowest BCUT2D eigenvalue weighted by Gasteiger charge is -2.10. The van der Waals surface area contributed by atoms with Crippen LogP contribution < -0.4 is 14.8 Å². The Kier molecular flexibility index (Phi) is 7.54. The molecule has 6 nitrogen and oxygen atoms in total. The summed E-state index contributed by atoms with van der Waals surface area (Å²) in [4.78, 5) is 12.0. The van der Waals surface area contributed by atoms with E-state index in [9.17, 15) is 22.0 Å².